The van der Waals surface area contributed by atoms with Crippen LogP contribution in [0.1, 0.15) is 32.0 Å². The largest absolute Gasteiger partial charge is 0.503 e. The van der Waals surface area contributed by atoms with Crippen LogP contribution in [0.3, 0.4) is 0 Å². The molecule has 3 rings (SSSR count). The van der Waals surface area contributed by atoms with Crippen LogP contribution >= 0.6 is 0 Å². The first-order chi connectivity index (χ1) is 14.6. The molecule has 0 fully saturated rings. The molecule has 1 aliphatic rings. The van der Waals surface area contributed by atoms with Crippen LogP contribution in [0.25, 0.3) is 0 Å². The monoisotopic (exact) mass is 439 g/mol. The second kappa shape index (κ2) is 8.80. The fraction of sp³-hybridized carbons (Fsp3) is 0.350. The van der Waals surface area contributed by atoms with E-state index in [0.29, 0.717) is 0 Å². The quantitative estimate of drug-likeness (QED) is 0.712. The minimum absolute atomic E-state index is 0.172. The Bertz CT molecular complexity index is 1070. The van der Waals surface area contributed by atoms with E-state index in [1.165, 1.54) is 34.8 Å². The van der Waals surface area contributed by atoms with Crippen molar-refractivity contribution >= 4 is 11.8 Å². The molecular formula is C20H20F3N3O5. The highest BCUT2D eigenvalue weighted by Crippen LogP contribution is 2.31. The molecule has 31 heavy (non-hydrogen) atoms. The number of benzene rings is 1. The molecule has 2 aromatic rings. The number of nitrogens with zero attached hydrogens (tertiary/aromatic N) is 2. The van der Waals surface area contributed by atoms with E-state index in [9.17, 15) is 32.7 Å². The van der Waals surface area contributed by atoms with Gasteiger partial charge in [0.15, 0.2) is 11.4 Å². The number of aromatic hydroxyl groups is 1. The standard InChI is InChI=1S/C20H20F3N3O5/c1-31-9-8-25-6-7-26-11-13(16(27)17(28)15(26)19(25)30)18(29)24-10-12-4-2-3-5-14(12)20(21,22)23/h2-5,11,28H,6-10H2,1H3,(H,24,29). The highest BCUT2D eigenvalue weighted by molar-refractivity contribution is 5.99. The van der Waals surface area contributed by atoms with Gasteiger partial charge in [-0.05, 0) is 11.6 Å². The Kier molecular flexibility index (Phi) is 6.34. The number of amides is 2. The van der Waals surface area contributed by atoms with Crippen molar-refractivity contribution in [2.75, 3.05) is 26.8 Å². The van der Waals surface area contributed by atoms with E-state index in [1.807, 2.05) is 0 Å². The second-order valence-corrected chi connectivity index (χ2v) is 6.89. The zero-order valence-corrected chi connectivity index (χ0v) is 16.5. The van der Waals surface area contributed by atoms with Gasteiger partial charge in [-0.15, -0.1) is 0 Å². The van der Waals surface area contributed by atoms with Gasteiger partial charge in [0.25, 0.3) is 11.8 Å². The van der Waals surface area contributed by atoms with Gasteiger partial charge in [-0.1, -0.05) is 18.2 Å². The topological polar surface area (TPSA) is 101 Å². The van der Waals surface area contributed by atoms with Crippen molar-refractivity contribution in [1.82, 2.24) is 14.8 Å². The molecule has 1 aliphatic heterocycles. The molecule has 0 spiro atoms. The van der Waals surface area contributed by atoms with Crippen LogP contribution in [0, 0.1) is 0 Å². The van der Waals surface area contributed by atoms with E-state index >= 15 is 0 Å². The number of carbonyl (C=O) groups excluding carboxylic acids is 2. The first kappa shape index (κ1) is 22.3. The van der Waals surface area contributed by atoms with Gasteiger partial charge in [0.05, 0.1) is 12.2 Å². The van der Waals surface area contributed by atoms with Crippen molar-refractivity contribution in [2.45, 2.75) is 19.3 Å². The minimum atomic E-state index is -4.60. The molecule has 11 heteroatoms. The molecule has 2 amide bonds. The van der Waals surface area contributed by atoms with E-state index in [0.717, 1.165) is 12.3 Å². The third-order valence-corrected chi connectivity index (χ3v) is 4.93. The van der Waals surface area contributed by atoms with Gasteiger partial charge in [0.1, 0.15) is 5.56 Å². The molecular weight excluding hydrogens is 419 g/mol. The van der Waals surface area contributed by atoms with Crippen molar-refractivity contribution in [3.05, 3.63) is 63.1 Å². The van der Waals surface area contributed by atoms with Gasteiger partial charge in [0.2, 0.25) is 5.43 Å². The summed E-state index contributed by atoms with van der Waals surface area (Å²) in [6.45, 7) is 0.563. The summed E-state index contributed by atoms with van der Waals surface area (Å²) in [5.74, 6) is -2.42. The third-order valence-electron chi connectivity index (χ3n) is 4.93. The van der Waals surface area contributed by atoms with Crippen LogP contribution < -0.4 is 10.7 Å². The van der Waals surface area contributed by atoms with Crippen LogP contribution in [0.15, 0.2) is 35.3 Å². The van der Waals surface area contributed by atoms with Crippen LogP contribution in [-0.4, -0.2) is 53.2 Å². The van der Waals surface area contributed by atoms with Gasteiger partial charge >= 0.3 is 6.18 Å². The van der Waals surface area contributed by atoms with E-state index < -0.39 is 46.8 Å². The third kappa shape index (κ3) is 4.55. The number of hydrogen-bond donors (Lipinski definition) is 2. The summed E-state index contributed by atoms with van der Waals surface area (Å²) in [5, 5.41) is 12.6. The SMILES string of the molecule is COCCN1CCn2cc(C(=O)NCc3ccccc3C(F)(F)F)c(=O)c(O)c2C1=O. The molecule has 1 aromatic heterocycles. The fourth-order valence-electron chi connectivity index (χ4n) is 3.33. The Balaban J connectivity index is 1.84. The highest BCUT2D eigenvalue weighted by atomic mass is 19.4. The molecule has 8 nitrogen and oxygen atoms in total. The Labute approximate surface area is 174 Å². The lowest BCUT2D eigenvalue weighted by Gasteiger charge is -2.30. The molecule has 0 unspecified atom stereocenters. The number of methoxy groups -OCH3 is 1. The summed E-state index contributed by atoms with van der Waals surface area (Å²) in [4.78, 5) is 39.0. The van der Waals surface area contributed by atoms with Crippen molar-refractivity contribution in [3.8, 4) is 5.75 Å². The predicted molar refractivity (Wildman–Crippen MR) is 103 cm³/mol. The zero-order chi connectivity index (χ0) is 22.8. The van der Waals surface area contributed by atoms with Crippen molar-refractivity contribution in [1.29, 1.82) is 0 Å². The van der Waals surface area contributed by atoms with Gasteiger partial charge in [-0.25, -0.2) is 0 Å². The van der Waals surface area contributed by atoms with E-state index in [1.54, 1.807) is 0 Å². The number of alkyl halides is 3. The summed E-state index contributed by atoms with van der Waals surface area (Å²) >= 11 is 0. The molecule has 2 heterocycles. The van der Waals surface area contributed by atoms with Gasteiger partial charge in [-0.3, -0.25) is 14.4 Å². The number of nitrogens with one attached hydrogen (secondary N) is 1. The number of fused-ring (bicyclic) bond motifs is 1. The summed E-state index contributed by atoms with van der Waals surface area (Å²) in [6.07, 6.45) is -3.46. The minimum Gasteiger partial charge on any atom is -0.503 e. The van der Waals surface area contributed by atoms with Crippen LogP contribution in [0.4, 0.5) is 13.2 Å². The fourth-order valence-corrected chi connectivity index (χ4v) is 3.33. The summed E-state index contributed by atoms with van der Waals surface area (Å²) in [7, 11) is 1.47. The first-order valence-corrected chi connectivity index (χ1v) is 9.33. The zero-order valence-electron chi connectivity index (χ0n) is 16.5. The summed E-state index contributed by atoms with van der Waals surface area (Å²) < 4.78 is 45.5. The van der Waals surface area contributed by atoms with E-state index in [2.05, 4.69) is 5.32 Å². The van der Waals surface area contributed by atoms with Crippen LogP contribution in [-0.2, 0) is 24.0 Å². The van der Waals surface area contributed by atoms with Crippen molar-refractivity contribution in [3.63, 3.8) is 0 Å². The Morgan fingerprint density at radius 3 is 2.61 bits per heavy atom. The average Bonchev–Trinajstić information content (AvgIpc) is 2.73. The highest BCUT2D eigenvalue weighted by Gasteiger charge is 2.33. The lowest BCUT2D eigenvalue weighted by atomic mass is 10.1. The average molecular weight is 439 g/mol. The summed E-state index contributed by atoms with van der Waals surface area (Å²) in [6, 6.07) is 4.74. The number of ether oxygens (including phenoxy) is 1. The maximum atomic E-state index is 13.1. The molecule has 0 aliphatic carbocycles. The molecule has 2 N–H and O–H groups in total. The maximum absolute atomic E-state index is 13.1. The first-order valence-electron chi connectivity index (χ1n) is 9.33. The molecule has 0 atom stereocenters. The number of aromatic nitrogens is 1. The van der Waals surface area contributed by atoms with Gasteiger partial charge < -0.3 is 24.6 Å². The lowest BCUT2D eigenvalue weighted by molar-refractivity contribution is -0.138. The normalized spacial score (nSPS) is 13.8. The Morgan fingerprint density at radius 1 is 1.23 bits per heavy atom. The molecule has 1 aromatic carbocycles. The predicted octanol–water partition coefficient (Wildman–Crippen LogP) is 1.60. The maximum Gasteiger partial charge on any atom is 0.416 e. The van der Waals surface area contributed by atoms with Crippen molar-refractivity contribution in [2.24, 2.45) is 0 Å². The Morgan fingerprint density at radius 2 is 1.94 bits per heavy atom. The van der Waals surface area contributed by atoms with Gasteiger partial charge in [0, 0.05) is 39.5 Å². The Hall–Kier alpha value is -3.34. The van der Waals surface area contributed by atoms with Crippen LogP contribution in [0.2, 0.25) is 0 Å². The van der Waals surface area contributed by atoms with Crippen molar-refractivity contribution < 1.29 is 32.6 Å². The number of carbonyl (C=O) groups is 2. The summed E-state index contributed by atoms with van der Waals surface area (Å²) in [5.41, 5.74) is -2.86. The molecule has 0 saturated heterocycles. The number of rotatable bonds is 6. The van der Waals surface area contributed by atoms with Crippen LogP contribution in [0.5, 0.6) is 5.75 Å². The number of pyridine rings is 1. The van der Waals surface area contributed by atoms with Gasteiger partial charge in [-0.2, -0.15) is 13.2 Å². The molecule has 0 saturated carbocycles. The number of hydrogen-bond acceptors (Lipinski definition) is 5. The molecule has 0 radical (unpaired) electrons. The lowest BCUT2D eigenvalue weighted by Crippen LogP contribution is -2.44. The smallest absolute Gasteiger partial charge is 0.416 e. The second-order valence-electron chi connectivity index (χ2n) is 6.89. The van der Waals surface area contributed by atoms with E-state index in [4.69, 9.17) is 4.74 Å². The molecule has 166 valence electrons. The number of halogens is 3. The molecule has 0 bridgehead atoms. The van der Waals surface area contributed by atoms with E-state index in [-0.39, 0.29) is 37.5 Å².